The second-order valence-corrected chi connectivity index (χ2v) is 14.4. The number of halogens is 2. The Bertz CT molecular complexity index is 1240. The molecule has 1 spiro atoms. The maximum absolute atomic E-state index is 14.0. The number of carbonyl (C=O) groups is 2. The normalized spacial score (nSPS) is 45.5. The van der Waals surface area contributed by atoms with Gasteiger partial charge in [0.2, 0.25) is 0 Å². The van der Waals surface area contributed by atoms with Crippen molar-refractivity contribution in [3.8, 4) is 0 Å². The van der Waals surface area contributed by atoms with Gasteiger partial charge in [-0.3, -0.25) is 9.35 Å². The van der Waals surface area contributed by atoms with E-state index in [0.717, 1.165) is 32.1 Å². The Hall–Kier alpha value is -1.67. The van der Waals surface area contributed by atoms with Crippen LogP contribution < -0.4 is 0 Å². The van der Waals surface area contributed by atoms with Gasteiger partial charge in [0, 0.05) is 23.7 Å². The fourth-order valence-electron chi connectivity index (χ4n) is 8.78. The molecule has 10 unspecified atom stereocenters. The third-order valence-corrected chi connectivity index (χ3v) is 11.2. The number of carbonyl (C=O) groups excluding carboxylic acids is 2. The number of hydrogen-bond acceptors (Lipinski definition) is 9. The summed E-state index contributed by atoms with van der Waals surface area (Å²) >= 11 is 0. The molecule has 0 aromatic rings. The van der Waals surface area contributed by atoms with Crippen LogP contribution in [0.15, 0.2) is 11.6 Å². The summed E-state index contributed by atoms with van der Waals surface area (Å²) in [5.74, 6) is -4.93. The summed E-state index contributed by atoms with van der Waals surface area (Å²) in [7, 11) is -5.99. The van der Waals surface area contributed by atoms with E-state index in [1.54, 1.807) is 6.92 Å². The highest BCUT2D eigenvalue weighted by molar-refractivity contribution is 7.87. The van der Waals surface area contributed by atoms with Gasteiger partial charge in [0.15, 0.2) is 5.79 Å². The van der Waals surface area contributed by atoms with Crippen molar-refractivity contribution in [2.45, 2.75) is 94.1 Å². The van der Waals surface area contributed by atoms with Crippen LogP contribution in [0.2, 0.25) is 0 Å². The van der Waals surface area contributed by atoms with Crippen LogP contribution in [0.1, 0.15) is 65.2 Å². The summed E-state index contributed by atoms with van der Waals surface area (Å²) in [5, 5.41) is 5.03. The van der Waals surface area contributed by atoms with Crippen molar-refractivity contribution in [2.24, 2.45) is 35.0 Å². The molecule has 10 nitrogen and oxygen atoms in total. The Morgan fingerprint density at radius 1 is 1.15 bits per heavy atom. The van der Waals surface area contributed by atoms with E-state index in [1.807, 2.05) is 13.0 Å². The zero-order chi connectivity index (χ0) is 28.9. The van der Waals surface area contributed by atoms with Gasteiger partial charge in [0.05, 0.1) is 12.0 Å². The Balaban J connectivity index is 1.15. The van der Waals surface area contributed by atoms with Crippen molar-refractivity contribution in [3.63, 3.8) is 0 Å². The van der Waals surface area contributed by atoms with E-state index in [-0.39, 0.29) is 37.4 Å². The second kappa shape index (κ2) is 9.16. The molecule has 40 heavy (non-hydrogen) atoms. The minimum Gasteiger partial charge on any atom is -0.462 e. The first-order valence-electron chi connectivity index (χ1n) is 14.1. The maximum Gasteiger partial charge on any atom is 0.465 e. The van der Waals surface area contributed by atoms with Crippen LogP contribution in [0.25, 0.3) is 0 Å². The van der Waals surface area contributed by atoms with Crippen LogP contribution in [0.3, 0.4) is 0 Å². The predicted molar refractivity (Wildman–Crippen MR) is 132 cm³/mol. The van der Waals surface area contributed by atoms with Gasteiger partial charge in [0.25, 0.3) is 0 Å². The molecule has 0 aromatic heterocycles. The Labute approximate surface area is 231 Å². The Kier molecular flexibility index (Phi) is 6.52. The van der Waals surface area contributed by atoms with Gasteiger partial charge in [-0.05, 0) is 64.2 Å². The number of aliphatic hydroxyl groups excluding tert-OH is 1. The van der Waals surface area contributed by atoms with Gasteiger partial charge in [0.1, 0.15) is 24.4 Å². The summed E-state index contributed by atoms with van der Waals surface area (Å²) in [4.78, 5) is 25.4. The van der Waals surface area contributed by atoms with Crippen molar-refractivity contribution in [2.75, 3.05) is 13.2 Å². The van der Waals surface area contributed by atoms with Gasteiger partial charge < -0.3 is 24.1 Å². The van der Waals surface area contributed by atoms with Crippen molar-refractivity contribution in [3.05, 3.63) is 11.6 Å². The summed E-state index contributed by atoms with van der Waals surface area (Å²) in [6.45, 7) is 3.15. The van der Waals surface area contributed by atoms with E-state index in [0.29, 0.717) is 18.8 Å². The van der Waals surface area contributed by atoms with Gasteiger partial charge in [-0.2, -0.15) is 17.2 Å². The zero-order valence-corrected chi connectivity index (χ0v) is 23.3. The van der Waals surface area contributed by atoms with Crippen LogP contribution in [0.4, 0.5) is 8.78 Å². The number of rotatable bonds is 7. The number of aliphatic hydroxyl groups is 1. The lowest BCUT2D eigenvalue weighted by Crippen LogP contribution is -2.55. The SMILES string of the molecule is CC1CC2(OC(=O)C(F)(F)S(=O)(=O)O)C3CCC(C32)C12OC(CO)C(COC(=O)C1(C)C=C3CCCC(C3)C1)O2. The molecule has 5 fully saturated rings. The van der Waals surface area contributed by atoms with Gasteiger partial charge in [-0.1, -0.05) is 18.6 Å². The van der Waals surface area contributed by atoms with E-state index in [1.165, 1.54) is 5.57 Å². The first-order valence-corrected chi connectivity index (χ1v) is 15.5. The quantitative estimate of drug-likeness (QED) is 0.258. The first kappa shape index (κ1) is 28.4. The molecule has 2 N–H and O–H groups in total. The first-order chi connectivity index (χ1) is 18.7. The van der Waals surface area contributed by atoms with Crippen LogP contribution >= 0.6 is 0 Å². The van der Waals surface area contributed by atoms with Crippen molar-refractivity contribution in [1.82, 2.24) is 0 Å². The van der Waals surface area contributed by atoms with E-state index in [2.05, 4.69) is 0 Å². The fraction of sp³-hybridized carbons (Fsp3) is 0.852. The minimum atomic E-state index is -5.99. The summed E-state index contributed by atoms with van der Waals surface area (Å²) < 4.78 is 82.6. The molecule has 2 bridgehead atoms. The third-order valence-electron chi connectivity index (χ3n) is 10.4. The molecule has 1 aliphatic heterocycles. The molecule has 6 aliphatic rings. The van der Waals surface area contributed by atoms with Crippen LogP contribution in [0.5, 0.6) is 0 Å². The molecule has 0 radical (unpaired) electrons. The Morgan fingerprint density at radius 2 is 1.85 bits per heavy atom. The highest BCUT2D eigenvalue weighted by Crippen LogP contribution is 2.75. The molecular weight excluding hydrogens is 554 g/mol. The maximum atomic E-state index is 14.0. The smallest absolute Gasteiger partial charge is 0.462 e. The standard InChI is InChI=1S/C27H36F2O10S/c1-14-9-25(39-23(32)27(28,29)40(33,34)35)17-6-7-18(21(17)25)26(14)37-19(12-30)20(38-26)13-36-22(31)24(2)10-15-4-3-5-16(8-15)11-24/h10,14,16-21,30H,3-9,11-13H2,1-2H3,(H,33,34,35). The van der Waals surface area contributed by atoms with Crippen molar-refractivity contribution >= 4 is 22.1 Å². The molecule has 0 amide bonds. The average Bonchev–Trinajstić information content (AvgIpc) is 3.19. The Morgan fingerprint density at radius 3 is 2.52 bits per heavy atom. The highest BCUT2D eigenvalue weighted by atomic mass is 32.2. The predicted octanol–water partition coefficient (Wildman–Crippen LogP) is 2.99. The number of alkyl halides is 2. The van der Waals surface area contributed by atoms with Gasteiger partial charge >= 0.3 is 27.3 Å². The van der Waals surface area contributed by atoms with E-state index < -0.39 is 62.2 Å². The van der Waals surface area contributed by atoms with E-state index >= 15 is 0 Å². The number of allylic oxidation sites excluding steroid dienone is 1. The molecule has 1 saturated heterocycles. The van der Waals surface area contributed by atoms with E-state index in [9.17, 15) is 31.9 Å². The minimum absolute atomic E-state index is 0.0732. The monoisotopic (exact) mass is 590 g/mol. The van der Waals surface area contributed by atoms with E-state index in [4.69, 9.17) is 23.5 Å². The number of esters is 2. The summed E-state index contributed by atoms with van der Waals surface area (Å²) in [5.41, 5.74) is -0.723. The zero-order valence-electron chi connectivity index (χ0n) is 22.5. The molecular formula is C27H36F2O10S. The molecule has 224 valence electrons. The third kappa shape index (κ3) is 4.09. The van der Waals surface area contributed by atoms with Gasteiger partial charge in [-0.25, -0.2) is 4.79 Å². The van der Waals surface area contributed by atoms with Crippen LogP contribution in [-0.4, -0.2) is 72.1 Å². The lowest BCUT2D eigenvalue weighted by atomic mass is 9.68. The lowest BCUT2D eigenvalue weighted by molar-refractivity contribution is -0.274. The fourth-order valence-corrected chi connectivity index (χ4v) is 9.04. The topological polar surface area (TPSA) is 146 Å². The summed E-state index contributed by atoms with van der Waals surface area (Å²) in [6.07, 6.45) is 6.68. The second-order valence-electron chi connectivity index (χ2n) is 13.0. The highest BCUT2D eigenvalue weighted by Gasteiger charge is 2.82. The lowest BCUT2D eigenvalue weighted by Gasteiger charge is -2.47. The molecule has 0 aromatic carbocycles. The molecule has 13 heteroatoms. The molecule has 6 rings (SSSR count). The molecule has 10 atom stereocenters. The average molecular weight is 591 g/mol. The van der Waals surface area contributed by atoms with Crippen molar-refractivity contribution in [1.29, 1.82) is 0 Å². The number of hydrogen-bond donors (Lipinski definition) is 2. The molecule has 1 heterocycles. The summed E-state index contributed by atoms with van der Waals surface area (Å²) in [6, 6.07) is 0. The van der Waals surface area contributed by atoms with Crippen LogP contribution in [-0.2, 0) is 38.7 Å². The van der Waals surface area contributed by atoms with Gasteiger partial charge in [-0.15, -0.1) is 0 Å². The van der Waals surface area contributed by atoms with Crippen molar-refractivity contribution < 1.29 is 55.4 Å². The number of fused-ring (bicyclic) bond motifs is 4. The van der Waals surface area contributed by atoms with Crippen LogP contribution in [0, 0.1) is 35.0 Å². The molecule has 5 aliphatic carbocycles. The molecule has 4 saturated carbocycles. The largest absolute Gasteiger partial charge is 0.465 e. The number of ether oxygens (including phenoxy) is 4.